The minimum Gasteiger partial charge on any atom is -0.396 e. The Morgan fingerprint density at radius 2 is 2.21 bits per heavy atom. The van der Waals surface area contributed by atoms with Gasteiger partial charge in [-0.1, -0.05) is 19.1 Å². The summed E-state index contributed by atoms with van der Waals surface area (Å²) in [6, 6.07) is 7.99. The van der Waals surface area contributed by atoms with Crippen LogP contribution in [0.1, 0.15) is 30.0 Å². The molecule has 0 aliphatic carbocycles. The highest BCUT2D eigenvalue weighted by Crippen LogP contribution is 2.16. The Bertz CT molecular complexity index is 339. The molecule has 0 saturated carbocycles. The highest BCUT2D eigenvalue weighted by molar-refractivity contribution is 5.42. The van der Waals surface area contributed by atoms with Crippen molar-refractivity contribution in [2.75, 3.05) is 6.61 Å². The van der Waals surface area contributed by atoms with Crippen LogP contribution in [0.25, 0.3) is 0 Å². The minimum atomic E-state index is 0.208. The summed E-state index contributed by atoms with van der Waals surface area (Å²) in [6.45, 7) is 2.26. The van der Waals surface area contributed by atoms with Crippen molar-refractivity contribution in [3.63, 3.8) is 0 Å². The lowest BCUT2D eigenvalue weighted by molar-refractivity contribution is 0.288. The van der Waals surface area contributed by atoms with Gasteiger partial charge in [0.1, 0.15) is 0 Å². The molecule has 1 aromatic rings. The van der Waals surface area contributed by atoms with Gasteiger partial charge in [0.15, 0.2) is 0 Å². The van der Waals surface area contributed by atoms with Crippen molar-refractivity contribution in [1.29, 1.82) is 5.26 Å². The van der Waals surface area contributed by atoms with Crippen molar-refractivity contribution in [2.45, 2.75) is 26.2 Å². The van der Waals surface area contributed by atoms with Gasteiger partial charge < -0.3 is 5.11 Å². The Morgan fingerprint density at radius 1 is 1.43 bits per heavy atom. The molecule has 14 heavy (non-hydrogen) atoms. The summed E-state index contributed by atoms with van der Waals surface area (Å²) in [5.41, 5.74) is 3.09. The smallest absolute Gasteiger partial charge is 0.0994 e. The topological polar surface area (TPSA) is 44.0 Å². The quantitative estimate of drug-likeness (QED) is 0.787. The number of rotatable bonds is 4. The van der Waals surface area contributed by atoms with Crippen molar-refractivity contribution in [2.24, 2.45) is 0 Å². The molecule has 1 aromatic carbocycles. The van der Waals surface area contributed by atoms with Crippen LogP contribution < -0.4 is 0 Å². The van der Waals surface area contributed by atoms with E-state index in [1.54, 1.807) is 0 Å². The first-order valence-corrected chi connectivity index (χ1v) is 4.95. The number of aliphatic hydroxyl groups is 1. The van der Waals surface area contributed by atoms with Gasteiger partial charge in [0.05, 0.1) is 11.6 Å². The summed E-state index contributed by atoms with van der Waals surface area (Å²) in [4.78, 5) is 0. The molecule has 0 atom stereocenters. The van der Waals surface area contributed by atoms with Crippen LogP contribution in [-0.4, -0.2) is 11.7 Å². The summed E-state index contributed by atoms with van der Waals surface area (Å²) >= 11 is 0. The molecule has 2 nitrogen and oxygen atoms in total. The van der Waals surface area contributed by atoms with Gasteiger partial charge in [0.25, 0.3) is 0 Å². The van der Waals surface area contributed by atoms with Crippen molar-refractivity contribution in [3.05, 3.63) is 34.9 Å². The number of hydrogen-bond acceptors (Lipinski definition) is 2. The molecule has 0 amide bonds. The zero-order valence-electron chi connectivity index (χ0n) is 8.45. The zero-order valence-corrected chi connectivity index (χ0v) is 8.45. The average molecular weight is 189 g/mol. The SMILES string of the molecule is CCc1c(C#N)cccc1CCCO. The fourth-order valence-corrected chi connectivity index (χ4v) is 1.66. The molecule has 1 N–H and O–H groups in total. The molecular formula is C12H15NO. The predicted molar refractivity (Wildman–Crippen MR) is 55.9 cm³/mol. The molecule has 0 aliphatic rings. The molecule has 0 spiro atoms. The molecule has 2 heteroatoms. The van der Waals surface area contributed by atoms with E-state index in [2.05, 4.69) is 13.0 Å². The van der Waals surface area contributed by atoms with E-state index in [1.807, 2.05) is 18.2 Å². The fraction of sp³-hybridized carbons (Fsp3) is 0.417. The first kappa shape index (κ1) is 10.7. The van der Waals surface area contributed by atoms with E-state index in [1.165, 1.54) is 5.56 Å². The lowest BCUT2D eigenvalue weighted by Crippen LogP contribution is -1.98. The highest BCUT2D eigenvalue weighted by atomic mass is 16.2. The third kappa shape index (κ3) is 2.34. The van der Waals surface area contributed by atoms with Crippen molar-refractivity contribution in [3.8, 4) is 6.07 Å². The first-order chi connectivity index (χ1) is 6.83. The van der Waals surface area contributed by atoms with Gasteiger partial charge in [-0.05, 0) is 36.5 Å². The normalized spacial score (nSPS) is 9.79. The molecular weight excluding hydrogens is 174 g/mol. The zero-order chi connectivity index (χ0) is 10.4. The van der Waals surface area contributed by atoms with Gasteiger partial charge in [0.2, 0.25) is 0 Å². The largest absolute Gasteiger partial charge is 0.396 e. The van der Waals surface area contributed by atoms with Gasteiger partial charge in [-0.15, -0.1) is 0 Å². The molecule has 74 valence electrons. The predicted octanol–water partition coefficient (Wildman–Crippen LogP) is 2.05. The van der Waals surface area contributed by atoms with Gasteiger partial charge >= 0.3 is 0 Å². The second-order valence-electron chi connectivity index (χ2n) is 3.24. The molecule has 0 aromatic heterocycles. The van der Waals surface area contributed by atoms with Crippen LogP contribution in [-0.2, 0) is 12.8 Å². The van der Waals surface area contributed by atoms with E-state index >= 15 is 0 Å². The summed E-state index contributed by atoms with van der Waals surface area (Å²) in [5.74, 6) is 0. The second kappa shape index (κ2) is 5.41. The van der Waals surface area contributed by atoms with E-state index in [4.69, 9.17) is 10.4 Å². The monoisotopic (exact) mass is 189 g/mol. The third-order valence-electron chi connectivity index (χ3n) is 2.35. The third-order valence-corrected chi connectivity index (χ3v) is 2.35. The van der Waals surface area contributed by atoms with E-state index < -0.39 is 0 Å². The average Bonchev–Trinajstić information content (AvgIpc) is 2.25. The maximum Gasteiger partial charge on any atom is 0.0994 e. The Kier molecular flexibility index (Phi) is 4.15. The standard InChI is InChI=1S/C12H15NO/c1-2-12-10(7-4-8-14)5-3-6-11(12)9-13/h3,5-6,14H,2,4,7-8H2,1H3. The van der Waals surface area contributed by atoms with Crippen LogP contribution in [0.15, 0.2) is 18.2 Å². The lowest BCUT2D eigenvalue weighted by Gasteiger charge is -2.08. The lowest BCUT2D eigenvalue weighted by atomic mass is 9.96. The van der Waals surface area contributed by atoms with Gasteiger partial charge in [0, 0.05) is 6.61 Å². The van der Waals surface area contributed by atoms with Crippen molar-refractivity contribution < 1.29 is 5.11 Å². The maximum absolute atomic E-state index is 8.90. The van der Waals surface area contributed by atoms with Gasteiger partial charge in [-0.25, -0.2) is 0 Å². The Morgan fingerprint density at radius 3 is 2.79 bits per heavy atom. The van der Waals surface area contributed by atoms with Crippen LogP contribution in [0.5, 0.6) is 0 Å². The highest BCUT2D eigenvalue weighted by Gasteiger charge is 2.05. The van der Waals surface area contributed by atoms with Crippen LogP contribution in [0.3, 0.4) is 0 Å². The fourth-order valence-electron chi connectivity index (χ4n) is 1.66. The van der Waals surface area contributed by atoms with Gasteiger partial charge in [-0.3, -0.25) is 0 Å². The summed E-state index contributed by atoms with van der Waals surface area (Å²) in [5, 5.41) is 17.7. The molecule has 1 rings (SSSR count). The van der Waals surface area contributed by atoms with Crippen LogP contribution >= 0.6 is 0 Å². The van der Waals surface area contributed by atoms with Gasteiger partial charge in [-0.2, -0.15) is 5.26 Å². The molecule has 0 unspecified atom stereocenters. The molecule has 0 bridgehead atoms. The van der Waals surface area contributed by atoms with Crippen molar-refractivity contribution in [1.82, 2.24) is 0 Å². The number of hydrogen-bond donors (Lipinski definition) is 1. The molecule has 0 radical (unpaired) electrons. The number of benzene rings is 1. The summed E-state index contributed by atoms with van der Waals surface area (Å²) in [7, 11) is 0. The first-order valence-electron chi connectivity index (χ1n) is 4.95. The minimum absolute atomic E-state index is 0.208. The molecule has 0 aliphatic heterocycles. The van der Waals surface area contributed by atoms with Crippen molar-refractivity contribution >= 4 is 0 Å². The Balaban J connectivity index is 2.98. The number of nitriles is 1. The number of aliphatic hydroxyl groups excluding tert-OH is 1. The van der Waals surface area contributed by atoms with Crippen LogP contribution in [0.4, 0.5) is 0 Å². The Hall–Kier alpha value is -1.33. The van der Waals surface area contributed by atoms with Crippen LogP contribution in [0.2, 0.25) is 0 Å². The number of nitrogens with zero attached hydrogens (tertiary/aromatic N) is 1. The second-order valence-corrected chi connectivity index (χ2v) is 3.24. The molecule has 0 heterocycles. The molecule has 0 saturated heterocycles. The van der Waals surface area contributed by atoms with E-state index in [0.717, 1.165) is 30.4 Å². The molecule has 0 fully saturated rings. The number of aryl methyl sites for hydroxylation is 1. The summed E-state index contributed by atoms with van der Waals surface area (Å²) < 4.78 is 0. The van der Waals surface area contributed by atoms with E-state index in [9.17, 15) is 0 Å². The Labute approximate surface area is 84.8 Å². The van der Waals surface area contributed by atoms with E-state index in [-0.39, 0.29) is 6.61 Å². The van der Waals surface area contributed by atoms with E-state index in [0.29, 0.717) is 0 Å². The summed E-state index contributed by atoms with van der Waals surface area (Å²) in [6.07, 6.45) is 2.50. The van der Waals surface area contributed by atoms with Crippen LogP contribution in [0, 0.1) is 11.3 Å². The maximum atomic E-state index is 8.90.